The van der Waals surface area contributed by atoms with Crippen molar-refractivity contribution in [3.05, 3.63) is 0 Å². The Morgan fingerprint density at radius 2 is 2.07 bits per heavy atom. The van der Waals surface area contributed by atoms with Gasteiger partial charge in [0.2, 0.25) is 6.43 Å². The first-order chi connectivity index (χ1) is 6.74. The van der Waals surface area contributed by atoms with Crippen LogP contribution in [0.25, 0.3) is 0 Å². The number of nitrogens with two attached hydrogens (primary N) is 1. The van der Waals surface area contributed by atoms with Gasteiger partial charge in [0.25, 0.3) is 0 Å². The van der Waals surface area contributed by atoms with Crippen molar-refractivity contribution in [2.24, 2.45) is 5.73 Å². The monoisotopic (exact) mass is 206 g/mol. The van der Waals surface area contributed by atoms with Gasteiger partial charge < -0.3 is 5.73 Å². The van der Waals surface area contributed by atoms with E-state index in [4.69, 9.17) is 5.73 Å². The summed E-state index contributed by atoms with van der Waals surface area (Å²) in [6.45, 7) is 2.04. The van der Waals surface area contributed by atoms with E-state index in [9.17, 15) is 8.78 Å². The van der Waals surface area contributed by atoms with Crippen LogP contribution >= 0.6 is 0 Å². The second-order valence-electron chi connectivity index (χ2n) is 3.95. The zero-order valence-corrected chi connectivity index (χ0v) is 8.59. The largest absolute Gasteiger partial charge is 0.329 e. The van der Waals surface area contributed by atoms with Crippen LogP contribution in [0, 0.1) is 0 Å². The van der Waals surface area contributed by atoms with Crippen molar-refractivity contribution in [3.8, 4) is 0 Å². The molecule has 1 heterocycles. The molecule has 0 aromatic carbocycles. The molecule has 14 heavy (non-hydrogen) atoms. The van der Waals surface area contributed by atoms with Gasteiger partial charge in [-0.25, -0.2) is 8.78 Å². The van der Waals surface area contributed by atoms with Crippen LogP contribution in [0.1, 0.15) is 32.1 Å². The van der Waals surface area contributed by atoms with Gasteiger partial charge in [-0.3, -0.25) is 4.90 Å². The zero-order valence-electron chi connectivity index (χ0n) is 8.59. The van der Waals surface area contributed by atoms with Crippen molar-refractivity contribution in [1.29, 1.82) is 0 Å². The summed E-state index contributed by atoms with van der Waals surface area (Å²) in [6, 6.07) is 0.330. The normalized spacial score (nSPS) is 25.3. The molecule has 0 bridgehead atoms. The van der Waals surface area contributed by atoms with Crippen LogP contribution < -0.4 is 5.73 Å². The predicted octanol–water partition coefficient (Wildman–Crippen LogP) is 1.84. The Bertz CT molecular complexity index is 153. The van der Waals surface area contributed by atoms with Gasteiger partial charge in [-0.05, 0) is 19.4 Å². The molecule has 2 nitrogen and oxygen atoms in total. The van der Waals surface area contributed by atoms with Crippen molar-refractivity contribution in [2.75, 3.05) is 19.6 Å². The lowest BCUT2D eigenvalue weighted by Crippen LogP contribution is -2.41. The van der Waals surface area contributed by atoms with Crippen LogP contribution in [0.5, 0.6) is 0 Å². The van der Waals surface area contributed by atoms with Gasteiger partial charge in [-0.1, -0.05) is 12.8 Å². The molecule has 1 aliphatic rings. The van der Waals surface area contributed by atoms with E-state index < -0.39 is 6.43 Å². The number of rotatable bonds is 4. The van der Waals surface area contributed by atoms with Crippen LogP contribution in [0.2, 0.25) is 0 Å². The first-order valence-electron chi connectivity index (χ1n) is 5.46. The summed E-state index contributed by atoms with van der Waals surface area (Å²) >= 11 is 0. The molecule has 0 aliphatic carbocycles. The zero-order chi connectivity index (χ0) is 10.4. The fourth-order valence-corrected chi connectivity index (χ4v) is 2.06. The second kappa shape index (κ2) is 6.30. The van der Waals surface area contributed by atoms with E-state index in [1.165, 1.54) is 12.8 Å². The summed E-state index contributed by atoms with van der Waals surface area (Å²) in [4.78, 5) is 2.14. The molecule has 84 valence electrons. The summed E-state index contributed by atoms with van der Waals surface area (Å²) in [5.74, 6) is 0. The van der Waals surface area contributed by atoms with Gasteiger partial charge in [0.15, 0.2) is 0 Å². The maximum atomic E-state index is 12.1. The van der Waals surface area contributed by atoms with Crippen molar-refractivity contribution >= 4 is 0 Å². The van der Waals surface area contributed by atoms with E-state index in [0.717, 1.165) is 19.4 Å². The van der Waals surface area contributed by atoms with E-state index in [0.29, 0.717) is 19.1 Å². The summed E-state index contributed by atoms with van der Waals surface area (Å²) in [6.07, 6.45) is 2.39. The van der Waals surface area contributed by atoms with Crippen LogP contribution in [-0.2, 0) is 0 Å². The molecule has 2 N–H and O–H groups in total. The minimum Gasteiger partial charge on any atom is -0.329 e. The Hall–Kier alpha value is -0.220. The van der Waals surface area contributed by atoms with Gasteiger partial charge >= 0.3 is 0 Å². The molecule has 1 rings (SSSR count). The molecular formula is C10H20F2N2. The molecule has 0 aromatic rings. The van der Waals surface area contributed by atoms with Gasteiger partial charge in [0.1, 0.15) is 0 Å². The molecule has 1 aliphatic heterocycles. The average Bonchev–Trinajstić information content (AvgIpc) is 2.38. The Labute approximate surface area is 84.4 Å². The summed E-state index contributed by atoms with van der Waals surface area (Å²) in [7, 11) is 0. The van der Waals surface area contributed by atoms with Gasteiger partial charge in [0.05, 0.1) is 0 Å². The number of likely N-dealkylation sites (tertiary alicyclic amines) is 1. The first kappa shape index (κ1) is 11.9. The molecule has 0 aromatic heterocycles. The van der Waals surface area contributed by atoms with E-state index in [2.05, 4.69) is 4.90 Å². The highest BCUT2D eigenvalue weighted by Gasteiger charge is 2.20. The molecule has 0 saturated carbocycles. The fourth-order valence-electron chi connectivity index (χ4n) is 2.06. The third-order valence-corrected chi connectivity index (χ3v) is 2.91. The predicted molar refractivity (Wildman–Crippen MR) is 53.5 cm³/mol. The van der Waals surface area contributed by atoms with Gasteiger partial charge in [-0.15, -0.1) is 0 Å². The smallest absolute Gasteiger partial charge is 0.239 e. The lowest BCUT2D eigenvalue weighted by molar-refractivity contribution is 0.104. The third-order valence-electron chi connectivity index (χ3n) is 2.91. The maximum absolute atomic E-state index is 12.1. The van der Waals surface area contributed by atoms with Gasteiger partial charge in [-0.2, -0.15) is 0 Å². The third kappa shape index (κ3) is 3.88. The second-order valence-corrected chi connectivity index (χ2v) is 3.95. The maximum Gasteiger partial charge on any atom is 0.239 e. The molecule has 0 amide bonds. The van der Waals surface area contributed by atoms with Crippen LogP contribution in [0.15, 0.2) is 0 Å². The minimum absolute atomic E-state index is 0.0174. The van der Waals surface area contributed by atoms with Crippen molar-refractivity contribution < 1.29 is 8.78 Å². The highest BCUT2D eigenvalue weighted by molar-refractivity contribution is 4.76. The highest BCUT2D eigenvalue weighted by atomic mass is 19.3. The number of alkyl halides is 2. The molecule has 1 atom stereocenters. The summed E-state index contributed by atoms with van der Waals surface area (Å²) < 4.78 is 24.1. The lowest BCUT2D eigenvalue weighted by atomic mass is 10.1. The van der Waals surface area contributed by atoms with Gasteiger partial charge in [0, 0.05) is 25.6 Å². The molecule has 0 spiro atoms. The van der Waals surface area contributed by atoms with Crippen molar-refractivity contribution in [1.82, 2.24) is 4.90 Å². The molecular weight excluding hydrogens is 186 g/mol. The van der Waals surface area contributed by atoms with E-state index >= 15 is 0 Å². The molecule has 1 fully saturated rings. The average molecular weight is 206 g/mol. The fraction of sp³-hybridized carbons (Fsp3) is 1.00. The van der Waals surface area contributed by atoms with E-state index in [1.807, 2.05) is 0 Å². The number of hydrogen-bond donors (Lipinski definition) is 1. The molecule has 0 radical (unpaired) electrons. The number of nitrogens with zero attached hydrogens (tertiary/aromatic N) is 1. The first-order valence-corrected chi connectivity index (χ1v) is 5.46. The Balaban J connectivity index is 2.36. The van der Waals surface area contributed by atoms with Crippen LogP contribution in [0.4, 0.5) is 8.78 Å². The molecule has 4 heteroatoms. The standard InChI is InChI=1S/C10H20F2N2/c11-10(12)5-7-14-6-3-1-2-4-9(14)8-13/h9-10H,1-8,13H2. The summed E-state index contributed by atoms with van der Waals surface area (Å²) in [5.41, 5.74) is 5.64. The number of halogens is 2. The highest BCUT2D eigenvalue weighted by Crippen LogP contribution is 2.17. The van der Waals surface area contributed by atoms with E-state index in [-0.39, 0.29) is 6.42 Å². The lowest BCUT2D eigenvalue weighted by Gasteiger charge is -2.28. The van der Waals surface area contributed by atoms with Crippen molar-refractivity contribution in [3.63, 3.8) is 0 Å². The molecule has 1 unspecified atom stereocenters. The Morgan fingerprint density at radius 1 is 1.29 bits per heavy atom. The Kier molecular flexibility index (Phi) is 5.33. The minimum atomic E-state index is -2.18. The Morgan fingerprint density at radius 3 is 2.71 bits per heavy atom. The van der Waals surface area contributed by atoms with E-state index in [1.54, 1.807) is 0 Å². The SMILES string of the molecule is NCC1CCCCCN1CCC(F)F. The summed E-state index contributed by atoms with van der Waals surface area (Å²) in [5, 5.41) is 0. The molecule has 1 saturated heterocycles. The topological polar surface area (TPSA) is 29.3 Å². The van der Waals surface area contributed by atoms with Crippen LogP contribution in [0.3, 0.4) is 0 Å². The quantitative estimate of drug-likeness (QED) is 0.760. The number of hydrogen-bond acceptors (Lipinski definition) is 2. The van der Waals surface area contributed by atoms with Crippen molar-refractivity contribution in [2.45, 2.75) is 44.6 Å². The van der Waals surface area contributed by atoms with Crippen LogP contribution in [-0.4, -0.2) is 37.0 Å².